The molecule has 264 valence electrons. The summed E-state index contributed by atoms with van der Waals surface area (Å²) >= 11 is 0. The maximum Gasteiger partial charge on any atom is 0.303 e. The average molecular weight is 658 g/mol. The van der Waals surface area contributed by atoms with Crippen LogP contribution in [0.1, 0.15) is 93.9 Å². The number of hydrogen-bond acceptors (Lipinski definition) is 9. The third kappa shape index (κ3) is 16.6. The van der Waals surface area contributed by atoms with Gasteiger partial charge in [0.1, 0.15) is 18.1 Å². The topological polar surface area (TPSA) is 240 Å². The summed E-state index contributed by atoms with van der Waals surface area (Å²) in [4.78, 5) is 88.0. The summed E-state index contributed by atoms with van der Waals surface area (Å²) < 4.78 is 0. The van der Waals surface area contributed by atoms with Crippen LogP contribution in [0.2, 0.25) is 0 Å². The van der Waals surface area contributed by atoms with Crippen molar-refractivity contribution in [2.24, 2.45) is 17.3 Å². The van der Waals surface area contributed by atoms with Crippen molar-refractivity contribution in [3.05, 3.63) is 0 Å². The summed E-state index contributed by atoms with van der Waals surface area (Å²) in [5, 5.41) is 40.8. The van der Waals surface area contributed by atoms with Gasteiger partial charge in [0.2, 0.25) is 23.6 Å². The van der Waals surface area contributed by atoms with Crippen LogP contribution in [-0.2, 0) is 33.6 Å². The lowest BCUT2D eigenvalue weighted by Gasteiger charge is -2.29. The SMILES string of the molecule is CC(C)CN[C@@H](CCC(=O)O)C(=O)N[C@@H](CCCO)C(=O)N[C@@H](CCC(=O)O)C(=O)N[C@@H](C)C(=O)N[C@H](C(=O)C(C)(C)C)C(C)C. The summed E-state index contributed by atoms with van der Waals surface area (Å²) in [5.41, 5.74) is -0.732. The molecule has 0 aromatic rings. The van der Waals surface area contributed by atoms with Crippen molar-refractivity contribution < 1.29 is 48.9 Å². The summed E-state index contributed by atoms with van der Waals surface area (Å²) in [6, 6.07) is -5.57. The third-order valence-corrected chi connectivity index (χ3v) is 7.04. The second-order valence-electron chi connectivity index (χ2n) is 13.3. The molecule has 15 heteroatoms. The van der Waals surface area contributed by atoms with Crippen LogP contribution in [0.3, 0.4) is 0 Å². The van der Waals surface area contributed by atoms with E-state index in [9.17, 15) is 43.8 Å². The average Bonchev–Trinajstić information content (AvgIpc) is 2.93. The van der Waals surface area contributed by atoms with Crippen molar-refractivity contribution in [3.8, 4) is 0 Å². The number of carbonyl (C=O) groups is 7. The zero-order valence-electron chi connectivity index (χ0n) is 28.4. The fourth-order valence-electron chi connectivity index (χ4n) is 4.28. The van der Waals surface area contributed by atoms with Crippen molar-refractivity contribution in [3.63, 3.8) is 0 Å². The highest BCUT2D eigenvalue weighted by Gasteiger charge is 2.35. The largest absolute Gasteiger partial charge is 0.481 e. The van der Waals surface area contributed by atoms with Gasteiger partial charge in [-0.25, -0.2) is 0 Å². The third-order valence-electron chi connectivity index (χ3n) is 7.04. The normalized spacial score (nSPS) is 14.8. The van der Waals surface area contributed by atoms with Crippen molar-refractivity contribution in [2.45, 2.75) is 124 Å². The number of aliphatic hydroxyl groups excluding tert-OH is 1. The minimum Gasteiger partial charge on any atom is -0.481 e. The van der Waals surface area contributed by atoms with Gasteiger partial charge in [-0.3, -0.25) is 33.6 Å². The lowest BCUT2D eigenvalue weighted by atomic mass is 9.82. The first-order valence-corrected chi connectivity index (χ1v) is 15.7. The van der Waals surface area contributed by atoms with Crippen molar-refractivity contribution in [1.82, 2.24) is 26.6 Å². The van der Waals surface area contributed by atoms with E-state index >= 15 is 0 Å². The number of aliphatic hydroxyl groups is 1. The fourth-order valence-corrected chi connectivity index (χ4v) is 4.28. The molecule has 0 saturated carbocycles. The van der Waals surface area contributed by atoms with Gasteiger partial charge in [0.15, 0.2) is 5.78 Å². The van der Waals surface area contributed by atoms with Crippen molar-refractivity contribution in [2.75, 3.05) is 13.2 Å². The molecule has 0 heterocycles. The Labute approximate surface area is 271 Å². The molecule has 0 saturated heterocycles. The number of carbonyl (C=O) groups excluding carboxylic acids is 5. The molecule has 0 aliphatic carbocycles. The van der Waals surface area contributed by atoms with Crippen molar-refractivity contribution in [1.29, 1.82) is 0 Å². The van der Waals surface area contributed by atoms with Crippen LogP contribution in [0.4, 0.5) is 0 Å². The number of carboxylic acid groups (broad SMARTS) is 2. The van der Waals surface area contributed by atoms with Gasteiger partial charge in [-0.1, -0.05) is 48.5 Å². The van der Waals surface area contributed by atoms with E-state index in [1.54, 1.807) is 34.6 Å². The highest BCUT2D eigenvalue weighted by Crippen LogP contribution is 2.20. The zero-order chi connectivity index (χ0) is 35.8. The van der Waals surface area contributed by atoms with Gasteiger partial charge in [-0.15, -0.1) is 0 Å². The number of ketones is 1. The summed E-state index contributed by atoms with van der Waals surface area (Å²) in [5.74, 6) is -5.62. The molecule has 4 amide bonds. The van der Waals surface area contributed by atoms with Crippen LogP contribution < -0.4 is 26.6 Å². The Morgan fingerprint density at radius 2 is 1.09 bits per heavy atom. The smallest absolute Gasteiger partial charge is 0.303 e. The van der Waals surface area contributed by atoms with Gasteiger partial charge in [-0.05, 0) is 51.0 Å². The molecule has 0 radical (unpaired) electrons. The molecule has 46 heavy (non-hydrogen) atoms. The van der Waals surface area contributed by atoms with Gasteiger partial charge in [-0.2, -0.15) is 0 Å². The number of aliphatic carboxylic acids is 2. The van der Waals surface area contributed by atoms with E-state index < -0.39 is 77.6 Å². The van der Waals surface area contributed by atoms with Gasteiger partial charge >= 0.3 is 11.9 Å². The van der Waals surface area contributed by atoms with Gasteiger partial charge in [0, 0.05) is 24.9 Å². The number of carboxylic acids is 2. The molecule has 0 fully saturated rings. The molecule has 0 aromatic carbocycles. The fraction of sp³-hybridized carbons (Fsp3) is 0.774. The van der Waals surface area contributed by atoms with E-state index in [0.717, 1.165) is 0 Å². The molecule has 5 atom stereocenters. The van der Waals surface area contributed by atoms with Gasteiger partial charge < -0.3 is 41.9 Å². The van der Waals surface area contributed by atoms with E-state index in [-0.39, 0.29) is 56.3 Å². The van der Waals surface area contributed by atoms with E-state index in [1.165, 1.54) is 6.92 Å². The summed E-state index contributed by atoms with van der Waals surface area (Å²) in [6.45, 7) is 14.0. The van der Waals surface area contributed by atoms with Crippen LogP contribution in [0.15, 0.2) is 0 Å². The minimum atomic E-state index is -1.41. The lowest BCUT2D eigenvalue weighted by Crippen LogP contribution is -2.59. The number of rotatable bonds is 22. The molecule has 0 aromatic heterocycles. The highest BCUT2D eigenvalue weighted by molar-refractivity contribution is 5.97. The highest BCUT2D eigenvalue weighted by atomic mass is 16.4. The van der Waals surface area contributed by atoms with E-state index in [4.69, 9.17) is 5.11 Å². The van der Waals surface area contributed by atoms with Gasteiger partial charge in [0.05, 0.1) is 12.1 Å². The molecule has 0 spiro atoms. The molecule has 0 bridgehead atoms. The molecule has 15 nitrogen and oxygen atoms in total. The maximum absolute atomic E-state index is 13.3. The quantitative estimate of drug-likeness (QED) is 0.0789. The monoisotopic (exact) mass is 657 g/mol. The number of Topliss-reactive ketones (excluding diaryl/α,β-unsaturated/α-hetero) is 1. The second kappa shape index (κ2) is 20.5. The Morgan fingerprint density at radius 1 is 0.630 bits per heavy atom. The predicted octanol–water partition coefficient (Wildman–Crippen LogP) is 0.333. The molecular formula is C31H55N5O10. The number of hydrogen-bond donors (Lipinski definition) is 8. The number of nitrogens with one attached hydrogen (secondary N) is 5. The van der Waals surface area contributed by atoms with Crippen LogP contribution >= 0.6 is 0 Å². The van der Waals surface area contributed by atoms with E-state index in [0.29, 0.717) is 6.54 Å². The first-order valence-electron chi connectivity index (χ1n) is 15.7. The van der Waals surface area contributed by atoms with E-state index in [2.05, 4.69) is 26.6 Å². The Hall–Kier alpha value is -3.59. The minimum absolute atomic E-state index is 0.0334. The van der Waals surface area contributed by atoms with Gasteiger partial charge in [0.25, 0.3) is 0 Å². The van der Waals surface area contributed by atoms with Crippen LogP contribution in [0.25, 0.3) is 0 Å². The second-order valence-corrected chi connectivity index (χ2v) is 13.3. The first-order chi connectivity index (χ1) is 21.2. The van der Waals surface area contributed by atoms with Crippen molar-refractivity contribution >= 4 is 41.4 Å². The molecule has 0 unspecified atom stereocenters. The molecular weight excluding hydrogens is 602 g/mol. The Bertz CT molecular complexity index is 1060. The van der Waals surface area contributed by atoms with Crippen LogP contribution in [0.5, 0.6) is 0 Å². The Balaban J connectivity index is 5.87. The molecule has 0 aliphatic heterocycles. The summed E-state index contributed by atoms with van der Waals surface area (Å²) in [6.07, 6.45) is -1.12. The lowest BCUT2D eigenvalue weighted by molar-refractivity contribution is -0.139. The Kier molecular flexibility index (Phi) is 18.9. The van der Waals surface area contributed by atoms with Crippen LogP contribution in [-0.4, -0.2) is 100 Å². The zero-order valence-corrected chi connectivity index (χ0v) is 28.4. The van der Waals surface area contributed by atoms with Crippen LogP contribution in [0, 0.1) is 17.3 Å². The maximum atomic E-state index is 13.3. The molecule has 0 rings (SSSR count). The number of amides is 4. The standard InChI is InChI=1S/C31H55N5O10/c1-17(2)16-32-20(11-13-23(38)39)28(44)34-21(10-9-15-37)30(46)35-22(12-14-24(40)41)29(45)33-19(5)27(43)36-25(18(3)4)26(42)31(6,7)8/h17-22,25,32,37H,9-16H2,1-8H3,(H,33,45)(H,34,44)(H,35,46)(H,36,43)(H,38,39)(H,40,41)/t19-,20-,21-,22-,25-/m0/s1. The summed E-state index contributed by atoms with van der Waals surface area (Å²) in [7, 11) is 0. The molecule has 8 N–H and O–H groups in total. The molecule has 0 aliphatic rings. The Morgan fingerprint density at radius 3 is 1.52 bits per heavy atom. The predicted molar refractivity (Wildman–Crippen MR) is 169 cm³/mol. The van der Waals surface area contributed by atoms with E-state index in [1.807, 2.05) is 13.8 Å². The first kappa shape index (κ1) is 42.4.